The summed E-state index contributed by atoms with van der Waals surface area (Å²) in [6.45, 7) is 2.46. The molecule has 1 saturated heterocycles. The standard InChI is InChI=1S/C35H41F3N8O3.Na.H/c1-45(19-34(20-49-2)10-4-3-5-11-34)27-15-25(23-14-24(35(36,37)38)29(41-16-23)21-6-7-21)42-32-30(27)43-31(44-32)26-17-40-28(18-39-26)46-12-8-22(9-13-46)33(47)48;;/h14-18,21-22H,3-13,19-20H2,1-2H3,(H,47,48)(H,42,43,44);;. The maximum absolute atomic E-state index is 14.2. The summed E-state index contributed by atoms with van der Waals surface area (Å²) < 4.78 is 48.3. The van der Waals surface area contributed by atoms with E-state index >= 15 is 0 Å². The van der Waals surface area contributed by atoms with Crippen LogP contribution >= 0.6 is 0 Å². The van der Waals surface area contributed by atoms with Gasteiger partial charge in [-0.25, -0.2) is 19.9 Å². The van der Waals surface area contributed by atoms with Crippen LogP contribution in [0.5, 0.6) is 0 Å². The first-order chi connectivity index (χ1) is 23.5. The quantitative estimate of drug-likeness (QED) is 0.188. The van der Waals surface area contributed by atoms with Gasteiger partial charge in [-0.15, -0.1) is 0 Å². The van der Waals surface area contributed by atoms with Crippen LogP contribution in [0.25, 0.3) is 33.9 Å². The average Bonchev–Trinajstić information content (AvgIpc) is 3.85. The number of ether oxygens (including phenoxy) is 1. The van der Waals surface area contributed by atoms with Gasteiger partial charge in [0.25, 0.3) is 0 Å². The van der Waals surface area contributed by atoms with Gasteiger partial charge in [-0.3, -0.25) is 9.78 Å². The first-order valence-corrected chi connectivity index (χ1v) is 17.0. The van der Waals surface area contributed by atoms with Crippen LogP contribution in [0, 0.1) is 11.3 Å². The first kappa shape index (κ1) is 36.5. The molecule has 0 spiro atoms. The van der Waals surface area contributed by atoms with Gasteiger partial charge in [0.2, 0.25) is 0 Å². The van der Waals surface area contributed by atoms with Crippen LogP contribution in [-0.4, -0.2) is 111 Å². The Bertz CT molecular complexity index is 1810. The van der Waals surface area contributed by atoms with Gasteiger partial charge in [0.1, 0.15) is 17.0 Å². The van der Waals surface area contributed by atoms with E-state index in [1.807, 2.05) is 18.0 Å². The van der Waals surface area contributed by atoms with Crippen LogP contribution in [0.1, 0.15) is 75.0 Å². The topological polar surface area (TPSA) is 133 Å². The Balaban J connectivity index is 0.00000432. The molecule has 50 heavy (non-hydrogen) atoms. The van der Waals surface area contributed by atoms with E-state index < -0.39 is 17.7 Å². The minimum absolute atomic E-state index is 0. The molecule has 4 aromatic heterocycles. The molecule has 2 saturated carbocycles. The number of aromatic nitrogens is 6. The van der Waals surface area contributed by atoms with E-state index in [1.54, 1.807) is 19.5 Å². The molecule has 0 unspecified atom stereocenters. The fourth-order valence-corrected chi connectivity index (χ4v) is 7.57. The second-order valence-corrected chi connectivity index (χ2v) is 13.9. The van der Waals surface area contributed by atoms with Crippen molar-refractivity contribution in [1.82, 2.24) is 29.9 Å². The maximum atomic E-state index is 14.2. The second-order valence-electron chi connectivity index (χ2n) is 13.9. The number of hydrogen-bond donors (Lipinski definition) is 2. The molecule has 3 fully saturated rings. The molecule has 0 bridgehead atoms. The Kier molecular flexibility index (Phi) is 10.7. The summed E-state index contributed by atoms with van der Waals surface area (Å²) in [5, 5.41) is 9.33. The number of fused-ring (bicyclic) bond motifs is 1. The van der Waals surface area contributed by atoms with Gasteiger partial charge in [-0.2, -0.15) is 13.2 Å². The molecule has 4 aromatic rings. The minimum atomic E-state index is -4.53. The van der Waals surface area contributed by atoms with Crippen LogP contribution in [-0.2, 0) is 15.7 Å². The number of aromatic amines is 1. The normalized spacial score (nSPS) is 18.2. The van der Waals surface area contributed by atoms with Gasteiger partial charge < -0.3 is 24.6 Å². The Morgan fingerprint density at radius 2 is 1.76 bits per heavy atom. The zero-order chi connectivity index (χ0) is 34.3. The molecule has 2 N–H and O–H groups in total. The summed E-state index contributed by atoms with van der Waals surface area (Å²) in [5.41, 5.74) is 2.18. The van der Waals surface area contributed by atoms with Crippen molar-refractivity contribution in [2.24, 2.45) is 11.3 Å². The van der Waals surface area contributed by atoms with Crippen LogP contribution in [0.15, 0.2) is 30.7 Å². The third kappa shape index (κ3) is 7.63. The zero-order valence-electron chi connectivity index (χ0n) is 27.8. The summed E-state index contributed by atoms with van der Waals surface area (Å²) >= 11 is 0. The molecule has 0 amide bonds. The van der Waals surface area contributed by atoms with Crippen molar-refractivity contribution in [3.8, 4) is 22.8 Å². The number of alkyl halides is 3. The number of hydrogen-bond acceptors (Lipinski definition) is 9. The van der Waals surface area contributed by atoms with Gasteiger partial charge in [-0.05, 0) is 50.7 Å². The van der Waals surface area contributed by atoms with Crippen molar-refractivity contribution in [3.63, 3.8) is 0 Å². The van der Waals surface area contributed by atoms with Crippen LogP contribution in [0.2, 0.25) is 0 Å². The van der Waals surface area contributed by atoms with Crippen molar-refractivity contribution in [2.45, 2.75) is 69.9 Å². The molecule has 0 aromatic carbocycles. The molecule has 7 rings (SSSR count). The van der Waals surface area contributed by atoms with Crippen LogP contribution in [0.4, 0.5) is 24.7 Å². The summed E-state index contributed by atoms with van der Waals surface area (Å²) in [4.78, 5) is 42.0. The first-order valence-electron chi connectivity index (χ1n) is 17.0. The molecule has 3 aliphatic rings. The summed E-state index contributed by atoms with van der Waals surface area (Å²) in [5.74, 6) is -0.192. The second kappa shape index (κ2) is 14.7. The number of halogens is 3. The monoisotopic (exact) mass is 702 g/mol. The molecule has 0 atom stereocenters. The number of imidazole rings is 1. The number of nitrogens with zero attached hydrogens (tertiary/aromatic N) is 7. The van der Waals surface area contributed by atoms with Gasteiger partial charge in [-0.1, -0.05) is 19.3 Å². The number of carboxylic acids is 1. The third-order valence-corrected chi connectivity index (χ3v) is 10.3. The molecule has 11 nitrogen and oxygen atoms in total. The number of carboxylic acid groups (broad SMARTS) is 1. The summed E-state index contributed by atoms with van der Waals surface area (Å²) in [6, 6.07) is 2.99. The number of aliphatic carboxylic acids is 1. The van der Waals surface area contributed by atoms with Crippen LogP contribution in [0.3, 0.4) is 0 Å². The molecular formula is C35H42F3N8NaO3. The van der Waals surface area contributed by atoms with Crippen molar-refractivity contribution in [2.75, 3.05) is 50.2 Å². The Morgan fingerprint density at radius 1 is 1.02 bits per heavy atom. The number of anilines is 2. The van der Waals surface area contributed by atoms with E-state index in [2.05, 4.69) is 24.8 Å². The molecule has 262 valence electrons. The summed E-state index contributed by atoms with van der Waals surface area (Å²) in [7, 11) is 3.71. The molecule has 1 aliphatic heterocycles. The van der Waals surface area contributed by atoms with E-state index in [-0.39, 0.29) is 58.1 Å². The van der Waals surface area contributed by atoms with E-state index in [0.717, 1.165) is 31.4 Å². The van der Waals surface area contributed by atoms with Crippen LogP contribution < -0.4 is 9.80 Å². The van der Waals surface area contributed by atoms with Crippen molar-refractivity contribution in [3.05, 3.63) is 42.0 Å². The number of nitrogens with one attached hydrogen (secondary N) is 1. The molecule has 5 heterocycles. The molecule has 15 heteroatoms. The van der Waals surface area contributed by atoms with Gasteiger partial charge >= 0.3 is 41.7 Å². The number of H-pyrrole nitrogens is 1. The SMILES string of the molecule is COCC1(CN(C)c2cc(-c3cnc(C4CC4)c(C(F)(F)F)c3)nc3nc(-c4cnc(N5CCC(C(=O)O)CC5)cn4)[nH]c23)CCCCC1.[NaH]. The summed E-state index contributed by atoms with van der Waals surface area (Å²) in [6.07, 6.45) is 8.21. The van der Waals surface area contributed by atoms with Gasteiger partial charge in [0, 0.05) is 56.9 Å². The van der Waals surface area contributed by atoms with E-state index in [0.29, 0.717) is 86.1 Å². The number of pyridine rings is 2. The Morgan fingerprint density at radius 3 is 2.38 bits per heavy atom. The van der Waals surface area contributed by atoms with Gasteiger partial charge in [0.05, 0.1) is 47.6 Å². The fourth-order valence-electron chi connectivity index (χ4n) is 7.57. The van der Waals surface area contributed by atoms with Crippen molar-refractivity contribution in [1.29, 1.82) is 0 Å². The van der Waals surface area contributed by atoms with Gasteiger partial charge in [0.15, 0.2) is 11.5 Å². The molecule has 2 aliphatic carbocycles. The average molecular weight is 703 g/mol. The van der Waals surface area contributed by atoms with Crippen molar-refractivity contribution >= 4 is 58.2 Å². The molecule has 0 radical (unpaired) electrons. The predicted molar refractivity (Wildman–Crippen MR) is 186 cm³/mol. The Hall–Kier alpha value is -3.33. The number of rotatable bonds is 10. The van der Waals surface area contributed by atoms with E-state index in [4.69, 9.17) is 14.7 Å². The number of carbonyl (C=O) groups is 1. The van der Waals surface area contributed by atoms with E-state index in [9.17, 15) is 23.1 Å². The molecular weight excluding hydrogens is 660 g/mol. The fraction of sp³-hybridized carbons (Fsp3) is 0.543. The predicted octanol–water partition coefficient (Wildman–Crippen LogP) is 6.06. The Labute approximate surface area is 310 Å². The third-order valence-electron chi connectivity index (χ3n) is 10.3. The number of piperidine rings is 1. The zero-order valence-corrected chi connectivity index (χ0v) is 27.8. The number of methoxy groups -OCH3 is 1. The van der Waals surface area contributed by atoms with Crippen molar-refractivity contribution < 1.29 is 27.8 Å². The van der Waals surface area contributed by atoms with E-state index in [1.165, 1.54) is 18.7 Å².